The molecule has 0 saturated carbocycles. The van der Waals surface area contributed by atoms with Crippen LogP contribution in [0.4, 0.5) is 0 Å². The molecule has 3 aromatic rings. The van der Waals surface area contributed by atoms with Gasteiger partial charge in [-0.15, -0.1) is 11.3 Å². The topological polar surface area (TPSA) is 62.5 Å². The summed E-state index contributed by atoms with van der Waals surface area (Å²) in [5.41, 5.74) is 1.23. The smallest absolute Gasteiger partial charge is 0.263 e. The van der Waals surface area contributed by atoms with Crippen molar-refractivity contribution in [3.8, 4) is 0 Å². The second-order valence-corrected chi connectivity index (χ2v) is 7.68. The van der Waals surface area contributed by atoms with Crippen molar-refractivity contribution in [2.75, 3.05) is 19.6 Å². The molecule has 1 aliphatic rings. The Morgan fingerprint density at radius 1 is 1.22 bits per heavy atom. The molecule has 2 aromatic heterocycles. The van der Waals surface area contributed by atoms with Gasteiger partial charge in [-0.05, 0) is 30.4 Å². The van der Waals surface area contributed by atoms with Crippen LogP contribution < -0.4 is 0 Å². The fourth-order valence-electron chi connectivity index (χ4n) is 3.47. The minimum atomic E-state index is -0.113. The van der Waals surface area contributed by atoms with Crippen LogP contribution in [-0.2, 0) is 6.54 Å². The maximum atomic E-state index is 12.9. The summed E-state index contributed by atoms with van der Waals surface area (Å²) < 4.78 is 5.51. The summed E-state index contributed by atoms with van der Waals surface area (Å²) in [7, 11) is 0. The Morgan fingerprint density at radius 2 is 2.07 bits per heavy atom. The zero-order chi connectivity index (χ0) is 18.6. The number of amides is 1. The highest BCUT2D eigenvalue weighted by molar-refractivity contribution is 7.12. The van der Waals surface area contributed by atoms with E-state index in [0.717, 1.165) is 30.9 Å². The Hall–Kier alpha value is -2.51. The van der Waals surface area contributed by atoms with E-state index in [1.165, 1.54) is 16.9 Å². The van der Waals surface area contributed by atoms with Gasteiger partial charge in [0.2, 0.25) is 5.89 Å². The summed E-state index contributed by atoms with van der Waals surface area (Å²) in [4.78, 5) is 22.4. The van der Waals surface area contributed by atoms with Crippen LogP contribution in [0.25, 0.3) is 0 Å². The van der Waals surface area contributed by atoms with Crippen molar-refractivity contribution >= 4 is 17.2 Å². The van der Waals surface area contributed by atoms with Gasteiger partial charge in [0.15, 0.2) is 5.82 Å². The lowest BCUT2D eigenvalue weighted by Crippen LogP contribution is -2.37. The lowest BCUT2D eigenvalue weighted by molar-refractivity contribution is 0.0716. The molecule has 1 saturated heterocycles. The van der Waals surface area contributed by atoms with Gasteiger partial charge in [-0.25, -0.2) is 0 Å². The maximum Gasteiger partial charge on any atom is 0.263 e. The number of benzene rings is 1. The molecule has 1 aromatic carbocycles. The zero-order valence-electron chi connectivity index (χ0n) is 15.2. The van der Waals surface area contributed by atoms with Gasteiger partial charge in [-0.3, -0.25) is 9.69 Å². The molecule has 1 fully saturated rings. The summed E-state index contributed by atoms with van der Waals surface area (Å²) in [5, 5.41) is 5.91. The fraction of sp³-hybridized carbons (Fsp3) is 0.350. The average Bonchev–Trinajstić information content (AvgIpc) is 3.32. The summed E-state index contributed by atoms with van der Waals surface area (Å²) in [5.74, 6) is 1.27. The standard InChI is InChI=1S/C20H22N4O2S/c1-15-21-19(26-22-15)17-14-24(20(25)18-9-5-12-27-18)11-6-10-23(17)13-16-7-3-2-4-8-16/h2-5,7-9,12,17H,6,10-11,13-14H2,1H3. The molecular weight excluding hydrogens is 360 g/mol. The molecule has 3 heterocycles. The normalized spacial score (nSPS) is 18.4. The molecule has 0 aliphatic carbocycles. The molecule has 7 heteroatoms. The molecule has 0 spiro atoms. The van der Waals surface area contributed by atoms with Crippen LogP contribution in [0.15, 0.2) is 52.4 Å². The molecule has 6 nitrogen and oxygen atoms in total. The average molecular weight is 382 g/mol. The Kier molecular flexibility index (Phi) is 5.31. The Balaban J connectivity index is 1.60. The third-order valence-electron chi connectivity index (χ3n) is 4.78. The first-order valence-electron chi connectivity index (χ1n) is 9.11. The molecule has 140 valence electrons. The number of hydrogen-bond acceptors (Lipinski definition) is 6. The predicted molar refractivity (Wildman–Crippen MR) is 103 cm³/mol. The molecule has 1 atom stereocenters. The van der Waals surface area contributed by atoms with Gasteiger partial charge in [0.25, 0.3) is 5.91 Å². The lowest BCUT2D eigenvalue weighted by atomic mass is 10.1. The number of carbonyl (C=O) groups is 1. The minimum Gasteiger partial charge on any atom is -0.338 e. The van der Waals surface area contributed by atoms with E-state index in [4.69, 9.17) is 4.52 Å². The van der Waals surface area contributed by atoms with Gasteiger partial charge in [-0.2, -0.15) is 4.98 Å². The summed E-state index contributed by atoms with van der Waals surface area (Å²) in [6.45, 7) is 4.75. The molecule has 0 bridgehead atoms. The van der Waals surface area contributed by atoms with Crippen LogP contribution >= 0.6 is 11.3 Å². The fourth-order valence-corrected chi connectivity index (χ4v) is 4.16. The molecule has 1 unspecified atom stereocenters. The van der Waals surface area contributed by atoms with E-state index in [0.29, 0.717) is 18.3 Å². The van der Waals surface area contributed by atoms with Gasteiger partial charge >= 0.3 is 0 Å². The van der Waals surface area contributed by atoms with E-state index in [9.17, 15) is 4.79 Å². The molecule has 1 aliphatic heterocycles. The van der Waals surface area contributed by atoms with Gasteiger partial charge in [0.1, 0.15) is 6.04 Å². The van der Waals surface area contributed by atoms with Crippen LogP contribution in [0.3, 0.4) is 0 Å². The third kappa shape index (κ3) is 4.09. The lowest BCUT2D eigenvalue weighted by Gasteiger charge is -2.29. The van der Waals surface area contributed by atoms with Crippen molar-refractivity contribution in [3.05, 3.63) is 70.0 Å². The highest BCUT2D eigenvalue weighted by Gasteiger charge is 2.32. The van der Waals surface area contributed by atoms with Crippen molar-refractivity contribution in [1.82, 2.24) is 19.9 Å². The highest BCUT2D eigenvalue weighted by atomic mass is 32.1. The van der Waals surface area contributed by atoms with E-state index in [-0.39, 0.29) is 11.9 Å². The number of hydrogen-bond donors (Lipinski definition) is 0. The summed E-state index contributed by atoms with van der Waals surface area (Å²) >= 11 is 1.48. The van der Waals surface area contributed by atoms with Crippen LogP contribution in [0.5, 0.6) is 0 Å². The van der Waals surface area contributed by atoms with Crippen LogP contribution in [-0.4, -0.2) is 45.5 Å². The summed E-state index contributed by atoms with van der Waals surface area (Å²) in [6.07, 6.45) is 0.910. The Morgan fingerprint density at radius 3 is 2.78 bits per heavy atom. The van der Waals surface area contributed by atoms with Crippen molar-refractivity contribution in [3.63, 3.8) is 0 Å². The monoisotopic (exact) mass is 382 g/mol. The predicted octanol–water partition coefficient (Wildman–Crippen LogP) is 3.53. The summed E-state index contributed by atoms with van der Waals surface area (Å²) in [6, 6.07) is 14.0. The Labute approximate surface area is 162 Å². The number of thiophene rings is 1. The zero-order valence-corrected chi connectivity index (χ0v) is 16.1. The van der Waals surface area contributed by atoms with E-state index in [2.05, 4.69) is 27.2 Å². The highest BCUT2D eigenvalue weighted by Crippen LogP contribution is 2.27. The number of rotatable bonds is 4. The maximum absolute atomic E-state index is 12.9. The SMILES string of the molecule is Cc1noc(C2CN(C(=O)c3cccs3)CCCN2Cc2ccccc2)n1. The number of nitrogens with zero attached hydrogens (tertiary/aromatic N) is 4. The molecule has 1 amide bonds. The molecule has 27 heavy (non-hydrogen) atoms. The molecule has 0 N–H and O–H groups in total. The van der Waals surface area contributed by atoms with E-state index >= 15 is 0 Å². The van der Waals surface area contributed by atoms with Gasteiger partial charge in [0.05, 0.1) is 4.88 Å². The number of carbonyl (C=O) groups excluding carboxylic acids is 1. The third-order valence-corrected chi connectivity index (χ3v) is 5.64. The largest absolute Gasteiger partial charge is 0.338 e. The van der Waals surface area contributed by atoms with Crippen molar-refractivity contribution in [1.29, 1.82) is 0 Å². The first kappa shape index (κ1) is 17.9. The molecule has 4 rings (SSSR count). The van der Waals surface area contributed by atoms with Gasteiger partial charge in [-0.1, -0.05) is 41.6 Å². The van der Waals surface area contributed by atoms with Gasteiger partial charge < -0.3 is 9.42 Å². The second-order valence-electron chi connectivity index (χ2n) is 6.73. The van der Waals surface area contributed by atoms with Crippen LogP contribution in [0.2, 0.25) is 0 Å². The quantitative estimate of drug-likeness (QED) is 0.691. The van der Waals surface area contributed by atoms with Crippen molar-refractivity contribution in [2.24, 2.45) is 0 Å². The van der Waals surface area contributed by atoms with Gasteiger partial charge in [0, 0.05) is 26.2 Å². The van der Waals surface area contributed by atoms with Crippen LogP contribution in [0.1, 0.15) is 39.4 Å². The van der Waals surface area contributed by atoms with E-state index in [1.54, 1.807) is 0 Å². The molecule has 0 radical (unpaired) electrons. The van der Waals surface area contributed by atoms with Crippen LogP contribution in [0, 0.1) is 6.92 Å². The van der Waals surface area contributed by atoms with Crippen molar-refractivity contribution < 1.29 is 9.32 Å². The van der Waals surface area contributed by atoms with Crippen molar-refractivity contribution in [2.45, 2.75) is 25.9 Å². The first-order chi connectivity index (χ1) is 13.2. The number of aromatic nitrogens is 2. The first-order valence-corrected chi connectivity index (χ1v) is 9.99. The second kappa shape index (κ2) is 8.02. The Bertz CT molecular complexity index is 879. The minimum absolute atomic E-state index is 0.0767. The van der Waals surface area contributed by atoms with E-state index < -0.39 is 0 Å². The molecular formula is C20H22N4O2S. The van der Waals surface area contributed by atoms with E-state index in [1.807, 2.05) is 47.5 Å². The number of aryl methyl sites for hydroxylation is 1.